The van der Waals surface area contributed by atoms with Crippen LogP contribution in [-0.2, 0) is 24.0 Å². The lowest BCUT2D eigenvalue weighted by Gasteiger charge is -2.25. The number of hydrogen-bond acceptors (Lipinski definition) is 9. The van der Waals surface area contributed by atoms with E-state index in [0.717, 1.165) is 0 Å². The number of unbranched alkanes of at least 4 members (excludes halogenated alkanes) is 2. The lowest BCUT2D eigenvalue weighted by Crippen LogP contribution is -2.57. The highest BCUT2D eigenvalue weighted by Gasteiger charge is 2.30. The Morgan fingerprint density at radius 2 is 1.25 bits per heavy atom. The largest absolute Gasteiger partial charge is 0.480 e. The van der Waals surface area contributed by atoms with Crippen LogP contribution in [0.1, 0.15) is 57.8 Å². The number of thioether (sulfide) groups is 1. The molecule has 0 rings (SSSR count). The molecule has 0 aromatic carbocycles. The lowest BCUT2D eigenvalue weighted by molar-refractivity contribution is -0.142. The van der Waals surface area contributed by atoms with Crippen LogP contribution in [0.25, 0.3) is 0 Å². The minimum Gasteiger partial charge on any atom is -0.480 e. The number of carbonyl (C=O) groups is 5. The summed E-state index contributed by atoms with van der Waals surface area (Å²) in [4.78, 5) is 61.3. The van der Waals surface area contributed by atoms with Crippen LogP contribution in [0.15, 0.2) is 0 Å². The number of hydrogen-bond donors (Lipinski definition) is 8. The molecule has 0 saturated carbocycles. The van der Waals surface area contributed by atoms with Gasteiger partial charge in [0, 0.05) is 6.42 Å². The number of nitrogens with one attached hydrogen (secondary N) is 3. The monoisotopic (exact) mass is 533 g/mol. The van der Waals surface area contributed by atoms with E-state index in [1.807, 2.05) is 0 Å². The molecule has 0 aliphatic rings. The van der Waals surface area contributed by atoms with Crippen molar-refractivity contribution in [1.29, 1.82) is 0 Å². The number of aliphatic carboxylic acids is 1. The lowest BCUT2D eigenvalue weighted by atomic mass is 10.0. The summed E-state index contributed by atoms with van der Waals surface area (Å²) in [5.74, 6) is -3.33. The molecule has 13 nitrogen and oxygen atoms in total. The molecule has 0 spiro atoms. The Bertz CT molecular complexity index is 712. The van der Waals surface area contributed by atoms with Gasteiger partial charge in [0.05, 0.1) is 6.04 Å². The van der Waals surface area contributed by atoms with Crippen LogP contribution < -0.4 is 38.9 Å². The predicted octanol–water partition coefficient (Wildman–Crippen LogP) is -1.87. The van der Waals surface area contributed by atoms with Crippen LogP contribution in [0, 0.1) is 0 Å². The van der Waals surface area contributed by atoms with Gasteiger partial charge in [0.15, 0.2) is 0 Å². The first-order valence-corrected chi connectivity index (χ1v) is 13.5. The van der Waals surface area contributed by atoms with Gasteiger partial charge in [-0.25, -0.2) is 4.79 Å². The molecule has 0 heterocycles. The molecular formula is C22H43N7O6S. The van der Waals surface area contributed by atoms with E-state index >= 15 is 0 Å². The molecule has 0 aromatic heterocycles. The van der Waals surface area contributed by atoms with E-state index in [1.54, 1.807) is 6.26 Å². The second kappa shape index (κ2) is 19.7. The van der Waals surface area contributed by atoms with Gasteiger partial charge in [0.2, 0.25) is 23.6 Å². The molecule has 0 saturated heterocycles. The summed E-state index contributed by atoms with van der Waals surface area (Å²) in [5, 5.41) is 17.0. The van der Waals surface area contributed by atoms with Gasteiger partial charge in [-0.15, -0.1) is 0 Å². The third kappa shape index (κ3) is 14.9. The maximum Gasteiger partial charge on any atom is 0.326 e. The molecule has 0 fully saturated rings. The summed E-state index contributed by atoms with van der Waals surface area (Å²) in [6.45, 7) is 0.879. The maximum atomic E-state index is 13.1. The molecule has 0 bridgehead atoms. The summed E-state index contributed by atoms with van der Waals surface area (Å²) in [5.41, 5.74) is 22.1. The fourth-order valence-electron chi connectivity index (χ4n) is 3.27. The van der Waals surface area contributed by atoms with Crippen molar-refractivity contribution >= 4 is 41.4 Å². The summed E-state index contributed by atoms with van der Waals surface area (Å²) < 4.78 is 0. The highest BCUT2D eigenvalue weighted by atomic mass is 32.2. The Kier molecular flexibility index (Phi) is 18.4. The number of carboxylic acids is 1. The van der Waals surface area contributed by atoms with Crippen molar-refractivity contribution in [2.45, 2.75) is 82.0 Å². The molecule has 0 aliphatic heterocycles. The van der Waals surface area contributed by atoms with Gasteiger partial charge in [-0.1, -0.05) is 6.42 Å². The minimum atomic E-state index is -1.23. The molecule has 36 heavy (non-hydrogen) atoms. The van der Waals surface area contributed by atoms with Crippen molar-refractivity contribution in [1.82, 2.24) is 16.0 Å². The standard InChI is InChI=1S/C22H43N7O6S/c1-36-13-10-17(22(34)35)29-21(33)16(8-9-18(26)30)28-20(32)15(7-3-5-12-24)27-19(31)14(25)6-2-4-11-23/h14-17H,2-13,23-25H2,1H3,(H2,26,30)(H,27,31)(H,28,32)(H,29,33)(H,34,35). The zero-order valence-corrected chi connectivity index (χ0v) is 21.8. The molecule has 4 atom stereocenters. The summed E-state index contributed by atoms with van der Waals surface area (Å²) in [6.07, 6.45) is 4.81. The Hall–Kier alpha value is -2.42. The molecule has 14 heteroatoms. The predicted molar refractivity (Wildman–Crippen MR) is 139 cm³/mol. The third-order valence-electron chi connectivity index (χ3n) is 5.42. The van der Waals surface area contributed by atoms with Crippen molar-refractivity contribution in [3.05, 3.63) is 0 Å². The molecule has 0 aromatic rings. The zero-order valence-electron chi connectivity index (χ0n) is 21.0. The SMILES string of the molecule is CSCCC(NC(=O)C(CCC(N)=O)NC(=O)C(CCCCN)NC(=O)C(N)CCCCN)C(=O)O. The molecule has 4 unspecified atom stereocenters. The van der Waals surface area contributed by atoms with Crippen molar-refractivity contribution < 1.29 is 29.1 Å². The van der Waals surface area contributed by atoms with E-state index in [1.165, 1.54) is 11.8 Å². The fraction of sp³-hybridized carbons (Fsp3) is 0.773. The normalized spacial score (nSPS) is 14.2. The second-order valence-electron chi connectivity index (χ2n) is 8.48. The number of amides is 4. The van der Waals surface area contributed by atoms with Crippen LogP contribution in [0.2, 0.25) is 0 Å². The summed E-state index contributed by atoms with van der Waals surface area (Å²) >= 11 is 1.42. The number of carbonyl (C=O) groups excluding carboxylic acids is 4. The van der Waals surface area contributed by atoms with E-state index < -0.39 is 53.8 Å². The van der Waals surface area contributed by atoms with Crippen molar-refractivity contribution in [3.63, 3.8) is 0 Å². The zero-order chi connectivity index (χ0) is 27.5. The van der Waals surface area contributed by atoms with Gasteiger partial charge in [-0.05, 0) is 70.0 Å². The van der Waals surface area contributed by atoms with Gasteiger partial charge in [-0.3, -0.25) is 19.2 Å². The molecule has 208 valence electrons. The molecular weight excluding hydrogens is 490 g/mol. The first-order valence-electron chi connectivity index (χ1n) is 12.1. The smallest absolute Gasteiger partial charge is 0.326 e. The van der Waals surface area contributed by atoms with Crippen LogP contribution >= 0.6 is 11.8 Å². The Morgan fingerprint density at radius 1 is 0.750 bits per heavy atom. The molecule has 12 N–H and O–H groups in total. The Labute approximate surface area is 216 Å². The summed E-state index contributed by atoms with van der Waals surface area (Å²) in [7, 11) is 0. The highest BCUT2D eigenvalue weighted by Crippen LogP contribution is 2.07. The summed E-state index contributed by atoms with van der Waals surface area (Å²) in [6, 6.07) is -4.22. The molecule has 0 aliphatic carbocycles. The second-order valence-corrected chi connectivity index (χ2v) is 9.47. The molecule has 0 radical (unpaired) electrons. The number of carboxylic acid groups (broad SMARTS) is 1. The van der Waals surface area contributed by atoms with Crippen LogP contribution in [0.4, 0.5) is 0 Å². The average Bonchev–Trinajstić information content (AvgIpc) is 2.82. The van der Waals surface area contributed by atoms with Crippen LogP contribution in [-0.4, -0.2) is 84.0 Å². The van der Waals surface area contributed by atoms with Crippen molar-refractivity contribution in [2.75, 3.05) is 25.1 Å². The van der Waals surface area contributed by atoms with Gasteiger partial charge >= 0.3 is 5.97 Å². The minimum absolute atomic E-state index is 0.135. The maximum absolute atomic E-state index is 13.1. The van der Waals surface area contributed by atoms with E-state index in [-0.39, 0.29) is 25.7 Å². The van der Waals surface area contributed by atoms with Crippen molar-refractivity contribution in [3.8, 4) is 0 Å². The average molecular weight is 534 g/mol. The quantitative estimate of drug-likeness (QED) is 0.0763. The third-order valence-corrected chi connectivity index (χ3v) is 6.07. The first kappa shape index (κ1) is 33.6. The Morgan fingerprint density at radius 3 is 1.75 bits per heavy atom. The van der Waals surface area contributed by atoms with Crippen LogP contribution in [0.5, 0.6) is 0 Å². The van der Waals surface area contributed by atoms with Gasteiger partial charge in [0.25, 0.3) is 0 Å². The van der Waals surface area contributed by atoms with E-state index in [2.05, 4.69) is 16.0 Å². The van der Waals surface area contributed by atoms with E-state index in [9.17, 15) is 29.1 Å². The van der Waals surface area contributed by atoms with Crippen LogP contribution in [0.3, 0.4) is 0 Å². The number of primary amides is 1. The fourth-order valence-corrected chi connectivity index (χ4v) is 3.74. The van der Waals surface area contributed by atoms with Gasteiger partial charge in [0.1, 0.15) is 18.1 Å². The van der Waals surface area contributed by atoms with E-state index in [0.29, 0.717) is 50.9 Å². The van der Waals surface area contributed by atoms with E-state index in [4.69, 9.17) is 22.9 Å². The van der Waals surface area contributed by atoms with Gasteiger partial charge in [-0.2, -0.15) is 11.8 Å². The first-order chi connectivity index (χ1) is 17.1. The molecule has 4 amide bonds. The number of rotatable bonds is 21. The topological polar surface area (TPSA) is 246 Å². The Balaban J connectivity index is 5.48. The highest BCUT2D eigenvalue weighted by molar-refractivity contribution is 7.98. The number of nitrogens with two attached hydrogens (primary N) is 4. The van der Waals surface area contributed by atoms with Gasteiger partial charge < -0.3 is 44.0 Å². The van der Waals surface area contributed by atoms with Crippen molar-refractivity contribution in [2.24, 2.45) is 22.9 Å².